The Morgan fingerprint density at radius 2 is 1.71 bits per heavy atom. The molecule has 3 nitrogen and oxygen atoms in total. The molecule has 6 heteroatoms. The van der Waals surface area contributed by atoms with E-state index >= 15 is 0 Å². The Bertz CT molecular complexity index is 851. The van der Waals surface area contributed by atoms with Crippen LogP contribution in [0.5, 0.6) is 0 Å². The maximum Gasteiger partial charge on any atom is 0.251 e. The van der Waals surface area contributed by atoms with E-state index in [0.717, 1.165) is 16.2 Å². The van der Waals surface area contributed by atoms with Crippen LogP contribution in [0.15, 0.2) is 75.5 Å². The molecule has 0 bridgehead atoms. The molecular weight excluding hydrogens is 343 g/mol. The highest BCUT2D eigenvalue weighted by Gasteiger charge is 2.04. The number of thioether (sulfide) groups is 2. The fourth-order valence-electron chi connectivity index (χ4n) is 2.03. The third kappa shape index (κ3) is 4.97. The van der Waals surface area contributed by atoms with Crippen molar-refractivity contribution >= 4 is 23.5 Å². The van der Waals surface area contributed by atoms with Crippen molar-refractivity contribution in [2.45, 2.75) is 21.6 Å². The van der Waals surface area contributed by atoms with E-state index in [-0.39, 0.29) is 11.4 Å². The smallest absolute Gasteiger partial charge is 0.251 e. The highest BCUT2D eigenvalue weighted by molar-refractivity contribution is 7.98. The van der Waals surface area contributed by atoms with E-state index in [1.807, 2.05) is 30.3 Å². The van der Waals surface area contributed by atoms with Crippen molar-refractivity contribution in [3.8, 4) is 0 Å². The van der Waals surface area contributed by atoms with E-state index in [1.54, 1.807) is 23.9 Å². The van der Waals surface area contributed by atoms with Crippen LogP contribution in [0.2, 0.25) is 0 Å². The van der Waals surface area contributed by atoms with Gasteiger partial charge in [0.25, 0.3) is 5.56 Å². The molecule has 0 amide bonds. The summed E-state index contributed by atoms with van der Waals surface area (Å²) in [6.45, 7) is 0. The zero-order valence-electron chi connectivity index (χ0n) is 12.7. The predicted molar refractivity (Wildman–Crippen MR) is 96.8 cm³/mol. The summed E-state index contributed by atoms with van der Waals surface area (Å²) in [6, 6.07) is 17.8. The Hall–Kier alpha value is -2.05. The van der Waals surface area contributed by atoms with E-state index in [0.29, 0.717) is 16.7 Å². The van der Waals surface area contributed by atoms with Crippen LogP contribution in [0.4, 0.5) is 4.39 Å². The molecule has 122 valence electrons. The van der Waals surface area contributed by atoms with E-state index in [9.17, 15) is 9.18 Å². The molecule has 1 N–H and O–H groups in total. The first-order valence-electron chi connectivity index (χ1n) is 7.34. The van der Waals surface area contributed by atoms with Gasteiger partial charge >= 0.3 is 0 Å². The van der Waals surface area contributed by atoms with Crippen LogP contribution in [0.25, 0.3) is 0 Å². The molecule has 3 rings (SSSR count). The number of aromatic nitrogens is 2. The molecule has 0 saturated carbocycles. The molecule has 24 heavy (non-hydrogen) atoms. The lowest BCUT2D eigenvalue weighted by atomic mass is 10.2. The molecule has 0 unspecified atom stereocenters. The monoisotopic (exact) mass is 358 g/mol. The lowest BCUT2D eigenvalue weighted by Gasteiger charge is -2.05. The summed E-state index contributed by atoms with van der Waals surface area (Å²) in [4.78, 5) is 20.2. The van der Waals surface area contributed by atoms with Crippen LogP contribution in [-0.4, -0.2) is 9.97 Å². The van der Waals surface area contributed by atoms with Gasteiger partial charge in [-0.15, -0.1) is 11.8 Å². The largest absolute Gasteiger partial charge is 0.301 e. The average Bonchev–Trinajstić information content (AvgIpc) is 2.60. The van der Waals surface area contributed by atoms with Crippen LogP contribution >= 0.6 is 23.5 Å². The van der Waals surface area contributed by atoms with Crippen molar-refractivity contribution in [3.05, 3.63) is 88.1 Å². The highest BCUT2D eigenvalue weighted by Crippen LogP contribution is 2.23. The number of hydrogen-bond acceptors (Lipinski definition) is 4. The number of H-pyrrole nitrogens is 1. The van der Waals surface area contributed by atoms with Gasteiger partial charge in [-0.25, -0.2) is 9.37 Å². The molecule has 2 aromatic carbocycles. The number of benzene rings is 2. The summed E-state index contributed by atoms with van der Waals surface area (Å²) in [5.74, 6) is 1.01. The summed E-state index contributed by atoms with van der Waals surface area (Å²) < 4.78 is 12.9. The van der Waals surface area contributed by atoms with Gasteiger partial charge in [0.1, 0.15) is 5.82 Å². The zero-order valence-corrected chi connectivity index (χ0v) is 14.4. The number of nitrogens with one attached hydrogen (secondary N) is 1. The SMILES string of the molecule is O=c1cc(CSc2ccccc2)nc(SCc2ccc(F)cc2)[nH]1. The number of halogens is 1. The van der Waals surface area contributed by atoms with Gasteiger partial charge in [-0.05, 0) is 29.8 Å². The minimum atomic E-state index is -0.254. The molecule has 1 aromatic heterocycles. The number of nitrogens with zero attached hydrogens (tertiary/aromatic N) is 1. The van der Waals surface area contributed by atoms with Crippen molar-refractivity contribution in [1.29, 1.82) is 0 Å². The molecule has 0 radical (unpaired) electrons. The first-order valence-corrected chi connectivity index (χ1v) is 9.31. The third-order valence-electron chi connectivity index (χ3n) is 3.19. The molecule has 0 aliphatic rings. The van der Waals surface area contributed by atoms with Gasteiger partial charge in [0.05, 0.1) is 5.69 Å². The maximum atomic E-state index is 12.9. The van der Waals surface area contributed by atoms with Crippen LogP contribution in [-0.2, 0) is 11.5 Å². The normalized spacial score (nSPS) is 10.7. The Morgan fingerprint density at radius 3 is 2.46 bits per heavy atom. The lowest BCUT2D eigenvalue weighted by Crippen LogP contribution is -2.09. The van der Waals surface area contributed by atoms with E-state index in [4.69, 9.17) is 0 Å². The minimum absolute atomic E-state index is 0.157. The molecule has 0 saturated heterocycles. The van der Waals surface area contributed by atoms with E-state index in [2.05, 4.69) is 9.97 Å². The molecule has 0 spiro atoms. The van der Waals surface area contributed by atoms with Crippen molar-refractivity contribution < 1.29 is 4.39 Å². The Morgan fingerprint density at radius 1 is 0.958 bits per heavy atom. The molecule has 0 fully saturated rings. The number of hydrogen-bond donors (Lipinski definition) is 1. The summed E-state index contributed by atoms with van der Waals surface area (Å²) >= 11 is 3.07. The van der Waals surface area contributed by atoms with Crippen molar-refractivity contribution in [2.24, 2.45) is 0 Å². The van der Waals surface area contributed by atoms with Gasteiger partial charge in [-0.2, -0.15) is 0 Å². The van der Waals surface area contributed by atoms with E-state index < -0.39 is 0 Å². The predicted octanol–water partition coefficient (Wildman–Crippen LogP) is 4.49. The molecule has 0 aliphatic heterocycles. The second-order valence-electron chi connectivity index (χ2n) is 5.06. The summed E-state index contributed by atoms with van der Waals surface area (Å²) in [6.07, 6.45) is 0. The fourth-order valence-corrected chi connectivity index (χ4v) is 3.69. The molecule has 3 aromatic rings. The van der Waals surface area contributed by atoms with Crippen molar-refractivity contribution in [1.82, 2.24) is 9.97 Å². The van der Waals surface area contributed by atoms with Crippen molar-refractivity contribution in [3.63, 3.8) is 0 Å². The van der Waals surface area contributed by atoms with Gasteiger partial charge in [0, 0.05) is 22.5 Å². The van der Waals surface area contributed by atoms with E-state index in [1.165, 1.54) is 30.0 Å². The minimum Gasteiger partial charge on any atom is -0.301 e. The van der Waals surface area contributed by atoms with Gasteiger partial charge in [0.15, 0.2) is 5.16 Å². The lowest BCUT2D eigenvalue weighted by molar-refractivity contribution is 0.627. The molecule has 0 aliphatic carbocycles. The second-order valence-corrected chi connectivity index (χ2v) is 7.07. The molecular formula is C18H15FN2OS2. The second kappa shape index (κ2) is 8.17. The Balaban J connectivity index is 1.65. The molecule has 0 atom stereocenters. The number of rotatable bonds is 6. The number of aromatic amines is 1. The van der Waals surface area contributed by atoms with Crippen LogP contribution < -0.4 is 5.56 Å². The third-order valence-corrected chi connectivity index (χ3v) is 5.18. The summed E-state index contributed by atoms with van der Waals surface area (Å²) in [5, 5.41) is 0.579. The average molecular weight is 358 g/mol. The zero-order chi connectivity index (χ0) is 16.8. The standard InChI is InChI=1S/C18H15FN2OS2/c19-14-8-6-13(7-9-14)11-24-18-20-15(10-17(22)21-18)12-23-16-4-2-1-3-5-16/h1-10H,11-12H2,(H,20,21,22). The summed E-state index contributed by atoms with van der Waals surface area (Å²) in [5.41, 5.74) is 1.57. The van der Waals surface area contributed by atoms with Gasteiger partial charge in [0.2, 0.25) is 0 Å². The Kier molecular flexibility index (Phi) is 5.72. The van der Waals surface area contributed by atoms with Gasteiger partial charge in [-0.3, -0.25) is 4.79 Å². The first-order chi connectivity index (χ1) is 11.7. The van der Waals surface area contributed by atoms with Gasteiger partial charge in [-0.1, -0.05) is 42.1 Å². The van der Waals surface area contributed by atoms with Crippen LogP contribution in [0, 0.1) is 5.82 Å². The summed E-state index contributed by atoms with van der Waals surface area (Å²) in [7, 11) is 0. The Labute approximate surface area is 147 Å². The topological polar surface area (TPSA) is 45.8 Å². The quantitative estimate of drug-likeness (QED) is 0.521. The van der Waals surface area contributed by atoms with Crippen molar-refractivity contribution in [2.75, 3.05) is 0 Å². The van der Waals surface area contributed by atoms with Crippen LogP contribution in [0.3, 0.4) is 0 Å². The highest BCUT2D eigenvalue weighted by atomic mass is 32.2. The first kappa shape index (κ1) is 16.8. The van der Waals surface area contributed by atoms with Gasteiger partial charge < -0.3 is 4.98 Å². The molecule has 1 heterocycles. The fraction of sp³-hybridized carbons (Fsp3) is 0.111. The van der Waals surface area contributed by atoms with Crippen LogP contribution in [0.1, 0.15) is 11.3 Å². The maximum absolute atomic E-state index is 12.9.